The van der Waals surface area contributed by atoms with Crippen molar-refractivity contribution in [2.24, 2.45) is 7.05 Å². The van der Waals surface area contributed by atoms with Crippen molar-refractivity contribution in [1.29, 1.82) is 0 Å². The van der Waals surface area contributed by atoms with Crippen LogP contribution in [0.25, 0.3) is 22.4 Å². The van der Waals surface area contributed by atoms with Crippen LogP contribution in [0.1, 0.15) is 17.5 Å². The van der Waals surface area contributed by atoms with Crippen molar-refractivity contribution in [3.05, 3.63) is 40.8 Å². The molecule has 0 unspecified atom stereocenters. The lowest BCUT2D eigenvalue weighted by Crippen LogP contribution is -2.08. The predicted octanol–water partition coefficient (Wildman–Crippen LogP) is 1.72. The fourth-order valence-corrected chi connectivity index (χ4v) is 1.95. The summed E-state index contributed by atoms with van der Waals surface area (Å²) in [6, 6.07) is 5.38. The van der Waals surface area contributed by atoms with Gasteiger partial charge < -0.3 is 9.40 Å². The zero-order chi connectivity index (χ0) is 13.6. The summed E-state index contributed by atoms with van der Waals surface area (Å²) in [5, 5.41) is 0. The Hall–Kier alpha value is -2.63. The van der Waals surface area contributed by atoms with E-state index in [-0.39, 0.29) is 5.78 Å². The number of ketones is 1. The number of nitrogens with one attached hydrogen (secondary N) is 1. The Bertz CT molecular complexity index is 838. The number of rotatable bonds is 2. The number of oxazole rings is 1. The van der Waals surface area contributed by atoms with Crippen molar-refractivity contribution in [2.45, 2.75) is 6.92 Å². The Morgan fingerprint density at radius 1 is 1.42 bits per heavy atom. The molecule has 3 rings (SSSR count). The van der Waals surface area contributed by atoms with Crippen molar-refractivity contribution in [1.82, 2.24) is 14.5 Å². The molecule has 0 atom stereocenters. The van der Waals surface area contributed by atoms with Crippen molar-refractivity contribution in [2.75, 3.05) is 0 Å². The summed E-state index contributed by atoms with van der Waals surface area (Å²) >= 11 is 0. The van der Waals surface area contributed by atoms with E-state index in [4.69, 9.17) is 4.42 Å². The molecule has 19 heavy (non-hydrogen) atoms. The van der Waals surface area contributed by atoms with Crippen LogP contribution in [-0.2, 0) is 7.05 Å². The highest BCUT2D eigenvalue weighted by atomic mass is 16.4. The number of Topliss-reactive ketones (excluding diaryl/α,β-unsaturated/α-hetero) is 1. The molecule has 0 spiro atoms. The first-order valence-electron chi connectivity index (χ1n) is 5.72. The Morgan fingerprint density at radius 3 is 2.89 bits per heavy atom. The van der Waals surface area contributed by atoms with E-state index in [1.807, 2.05) is 6.07 Å². The van der Waals surface area contributed by atoms with Gasteiger partial charge in [-0.1, -0.05) is 6.07 Å². The summed E-state index contributed by atoms with van der Waals surface area (Å²) in [4.78, 5) is 29.5. The maximum absolute atomic E-state index is 11.4. The molecule has 0 aliphatic rings. The summed E-state index contributed by atoms with van der Waals surface area (Å²) in [5.41, 5.74) is 2.74. The molecule has 0 aliphatic carbocycles. The average molecular weight is 257 g/mol. The minimum Gasteiger partial charge on any atom is -0.408 e. The summed E-state index contributed by atoms with van der Waals surface area (Å²) < 4.78 is 6.56. The van der Waals surface area contributed by atoms with E-state index < -0.39 is 5.76 Å². The minimum absolute atomic E-state index is 0.126. The number of H-pyrrole nitrogens is 1. The highest BCUT2D eigenvalue weighted by Crippen LogP contribution is 2.22. The molecular weight excluding hydrogens is 246 g/mol. The van der Waals surface area contributed by atoms with Gasteiger partial charge in [0.05, 0.1) is 17.4 Å². The predicted molar refractivity (Wildman–Crippen MR) is 69.0 cm³/mol. The van der Waals surface area contributed by atoms with Gasteiger partial charge in [-0.05, 0) is 12.1 Å². The standard InChI is InChI=1S/C13H11N3O3/c1-7(17)12-14-6-9(15-12)8-3-4-10-11(5-8)19-13(18)16(10)2/h3-6H,1-2H3,(H,14,15). The van der Waals surface area contributed by atoms with Gasteiger partial charge in [-0.2, -0.15) is 0 Å². The molecule has 0 saturated carbocycles. The number of fused-ring (bicyclic) bond motifs is 1. The lowest BCUT2D eigenvalue weighted by molar-refractivity contribution is 0.100. The van der Waals surface area contributed by atoms with Crippen molar-refractivity contribution in [3.63, 3.8) is 0 Å². The van der Waals surface area contributed by atoms with Crippen LogP contribution in [-0.4, -0.2) is 20.3 Å². The van der Waals surface area contributed by atoms with Gasteiger partial charge in [0.1, 0.15) is 0 Å². The normalized spacial score (nSPS) is 11.1. The van der Waals surface area contributed by atoms with E-state index in [1.54, 1.807) is 25.4 Å². The first kappa shape index (κ1) is 11.5. The monoisotopic (exact) mass is 257 g/mol. The largest absolute Gasteiger partial charge is 0.419 e. The summed E-state index contributed by atoms with van der Waals surface area (Å²) in [6.45, 7) is 1.45. The molecule has 2 aromatic heterocycles. The van der Waals surface area contributed by atoms with Crippen LogP contribution in [0.5, 0.6) is 0 Å². The van der Waals surface area contributed by atoms with E-state index in [1.165, 1.54) is 11.5 Å². The second-order valence-corrected chi connectivity index (χ2v) is 4.31. The van der Waals surface area contributed by atoms with Crippen LogP contribution in [0.2, 0.25) is 0 Å². The highest BCUT2D eigenvalue weighted by Gasteiger charge is 2.10. The molecule has 2 heterocycles. The number of aromatic nitrogens is 3. The first-order valence-corrected chi connectivity index (χ1v) is 5.72. The SMILES string of the molecule is CC(=O)c1ncc(-c2ccc3c(c2)oc(=O)n3C)[nH]1. The lowest BCUT2D eigenvalue weighted by Gasteiger charge is -1.97. The summed E-state index contributed by atoms with van der Waals surface area (Å²) in [5.74, 6) is -0.218. The van der Waals surface area contributed by atoms with Gasteiger partial charge in [0.15, 0.2) is 17.2 Å². The van der Waals surface area contributed by atoms with E-state index in [0.717, 1.165) is 11.1 Å². The number of aromatic amines is 1. The van der Waals surface area contributed by atoms with Crippen LogP contribution in [0, 0.1) is 0 Å². The summed E-state index contributed by atoms with van der Waals surface area (Å²) in [7, 11) is 1.65. The molecule has 0 fully saturated rings. The Balaban J connectivity index is 2.14. The van der Waals surface area contributed by atoms with Gasteiger partial charge in [-0.3, -0.25) is 9.36 Å². The van der Waals surface area contributed by atoms with Gasteiger partial charge in [-0.25, -0.2) is 9.78 Å². The second kappa shape index (κ2) is 3.94. The smallest absolute Gasteiger partial charge is 0.408 e. The van der Waals surface area contributed by atoms with Gasteiger partial charge in [0.25, 0.3) is 0 Å². The first-order chi connectivity index (χ1) is 9.06. The summed E-state index contributed by atoms with van der Waals surface area (Å²) in [6.07, 6.45) is 1.58. The van der Waals surface area contributed by atoms with Crippen LogP contribution < -0.4 is 5.76 Å². The lowest BCUT2D eigenvalue weighted by atomic mass is 10.1. The molecule has 1 aromatic carbocycles. The van der Waals surface area contributed by atoms with Crippen LogP contribution >= 0.6 is 0 Å². The minimum atomic E-state index is -0.402. The Morgan fingerprint density at radius 2 is 2.21 bits per heavy atom. The molecule has 96 valence electrons. The zero-order valence-corrected chi connectivity index (χ0v) is 10.4. The molecule has 6 heteroatoms. The van der Waals surface area contributed by atoms with Gasteiger partial charge in [0, 0.05) is 19.5 Å². The third kappa shape index (κ3) is 1.77. The number of carbonyl (C=O) groups is 1. The number of hydrogen-bond acceptors (Lipinski definition) is 4. The van der Waals surface area contributed by atoms with Gasteiger partial charge in [-0.15, -0.1) is 0 Å². The molecule has 3 aromatic rings. The molecule has 0 amide bonds. The maximum atomic E-state index is 11.4. The van der Waals surface area contributed by atoms with Crippen molar-refractivity contribution < 1.29 is 9.21 Å². The number of imidazole rings is 1. The maximum Gasteiger partial charge on any atom is 0.419 e. The quantitative estimate of drug-likeness (QED) is 0.709. The average Bonchev–Trinajstić information content (AvgIpc) is 2.96. The number of benzene rings is 1. The number of carbonyl (C=O) groups excluding carboxylic acids is 1. The Labute approximate surface area is 107 Å². The molecule has 6 nitrogen and oxygen atoms in total. The van der Waals surface area contributed by atoms with E-state index in [0.29, 0.717) is 17.1 Å². The van der Waals surface area contributed by atoms with Crippen molar-refractivity contribution in [3.8, 4) is 11.3 Å². The Kier molecular flexibility index (Phi) is 2.38. The van der Waals surface area contributed by atoms with E-state index in [9.17, 15) is 9.59 Å². The molecular formula is C13H11N3O3. The van der Waals surface area contributed by atoms with E-state index in [2.05, 4.69) is 9.97 Å². The zero-order valence-electron chi connectivity index (χ0n) is 10.4. The van der Waals surface area contributed by atoms with Crippen LogP contribution in [0.15, 0.2) is 33.6 Å². The van der Waals surface area contributed by atoms with Crippen LogP contribution in [0.3, 0.4) is 0 Å². The fraction of sp³-hybridized carbons (Fsp3) is 0.154. The molecule has 0 bridgehead atoms. The topological polar surface area (TPSA) is 80.9 Å². The molecule has 0 aliphatic heterocycles. The van der Waals surface area contributed by atoms with Gasteiger partial charge >= 0.3 is 5.76 Å². The number of aryl methyl sites for hydroxylation is 1. The fourth-order valence-electron chi connectivity index (χ4n) is 1.95. The second-order valence-electron chi connectivity index (χ2n) is 4.31. The molecule has 0 saturated heterocycles. The number of hydrogen-bond donors (Lipinski definition) is 1. The van der Waals surface area contributed by atoms with E-state index >= 15 is 0 Å². The molecule has 1 N–H and O–H groups in total. The third-order valence-electron chi connectivity index (χ3n) is 3.01. The number of nitrogens with zero attached hydrogens (tertiary/aromatic N) is 2. The third-order valence-corrected chi connectivity index (χ3v) is 3.01. The molecule has 0 radical (unpaired) electrons. The highest BCUT2D eigenvalue weighted by molar-refractivity contribution is 5.91. The van der Waals surface area contributed by atoms with Crippen LogP contribution in [0.4, 0.5) is 0 Å². The van der Waals surface area contributed by atoms with Crippen molar-refractivity contribution >= 4 is 16.9 Å². The van der Waals surface area contributed by atoms with Gasteiger partial charge in [0.2, 0.25) is 0 Å².